The zero-order chi connectivity index (χ0) is 12.3. The van der Waals surface area contributed by atoms with Crippen molar-refractivity contribution in [1.29, 1.82) is 5.26 Å². The molecule has 1 heterocycles. The van der Waals surface area contributed by atoms with Gasteiger partial charge in [-0.1, -0.05) is 24.1 Å². The molecule has 1 atom stereocenters. The summed E-state index contributed by atoms with van der Waals surface area (Å²) in [5, 5.41) is 9.89. The van der Waals surface area contributed by atoms with Crippen LogP contribution in [0.5, 0.6) is 5.88 Å². The molecule has 0 bridgehead atoms. The second-order valence-corrected chi connectivity index (χ2v) is 3.56. The predicted molar refractivity (Wildman–Crippen MR) is 65.4 cm³/mol. The number of nitrogens with zero attached hydrogens (tertiary/aromatic N) is 2. The normalized spacial score (nSPS) is 11.5. The van der Waals surface area contributed by atoms with Gasteiger partial charge in [-0.3, -0.25) is 0 Å². The van der Waals surface area contributed by atoms with E-state index in [1.165, 1.54) is 0 Å². The van der Waals surface area contributed by atoms with E-state index in [-0.39, 0.29) is 6.10 Å². The number of nitriles is 1. The number of ether oxygens (including phenoxy) is 1. The Balaban J connectivity index is 2.54. The van der Waals surface area contributed by atoms with Gasteiger partial charge >= 0.3 is 0 Å². The van der Waals surface area contributed by atoms with Crippen LogP contribution < -0.4 is 4.74 Å². The van der Waals surface area contributed by atoms with Crippen molar-refractivity contribution in [2.45, 2.75) is 13.0 Å². The number of hydrogen-bond acceptors (Lipinski definition) is 3. The molecule has 0 saturated heterocycles. The minimum Gasteiger partial charge on any atom is -0.461 e. The molecule has 82 valence electrons. The summed E-state index contributed by atoms with van der Waals surface area (Å²) < 4.78 is 5.42. The molecule has 1 aromatic heterocycles. The van der Waals surface area contributed by atoms with E-state index in [4.69, 9.17) is 16.4 Å². The van der Waals surface area contributed by atoms with Gasteiger partial charge in [0, 0.05) is 11.5 Å². The lowest BCUT2D eigenvalue weighted by atomic mass is 10.1. The summed E-state index contributed by atoms with van der Waals surface area (Å²) in [6.45, 7) is 1.75. The van der Waals surface area contributed by atoms with E-state index in [1.807, 2.05) is 24.3 Å². The Hall–Kier alpha value is -2.52. The van der Waals surface area contributed by atoms with E-state index < -0.39 is 0 Å². The lowest BCUT2D eigenvalue weighted by molar-refractivity contribution is 0.269. The third-order valence-electron chi connectivity index (χ3n) is 2.35. The van der Waals surface area contributed by atoms with Crippen LogP contribution in [0.3, 0.4) is 0 Å². The van der Waals surface area contributed by atoms with Gasteiger partial charge in [0.1, 0.15) is 6.07 Å². The largest absolute Gasteiger partial charge is 0.461 e. The van der Waals surface area contributed by atoms with E-state index in [0.29, 0.717) is 11.4 Å². The quantitative estimate of drug-likeness (QED) is 0.733. The maximum absolute atomic E-state index is 9.08. The number of para-hydroxylation sites is 1. The highest BCUT2D eigenvalue weighted by molar-refractivity contribution is 5.85. The molecule has 2 rings (SSSR count). The minimum absolute atomic E-state index is 0.366. The van der Waals surface area contributed by atoms with E-state index in [0.717, 1.165) is 10.9 Å². The molecule has 0 saturated carbocycles. The number of rotatable bonds is 2. The smallest absolute Gasteiger partial charge is 0.216 e. The van der Waals surface area contributed by atoms with Crippen molar-refractivity contribution in [1.82, 2.24) is 4.98 Å². The Morgan fingerprint density at radius 1 is 1.41 bits per heavy atom. The highest BCUT2D eigenvalue weighted by Crippen LogP contribution is 2.21. The number of fused-ring (bicyclic) bond motifs is 1. The van der Waals surface area contributed by atoms with Crippen LogP contribution in [0.2, 0.25) is 0 Å². The number of aromatic nitrogens is 1. The molecule has 0 amide bonds. The fourth-order valence-electron chi connectivity index (χ4n) is 1.52. The van der Waals surface area contributed by atoms with Gasteiger partial charge in [-0.05, 0) is 13.0 Å². The second kappa shape index (κ2) is 4.55. The van der Waals surface area contributed by atoms with Crippen LogP contribution in [0.25, 0.3) is 10.9 Å². The minimum atomic E-state index is -0.366. The molecule has 0 N–H and O–H groups in total. The Morgan fingerprint density at radius 3 is 2.88 bits per heavy atom. The monoisotopic (exact) mass is 222 g/mol. The Morgan fingerprint density at radius 2 is 2.18 bits per heavy atom. The molecule has 3 nitrogen and oxygen atoms in total. The second-order valence-electron chi connectivity index (χ2n) is 3.56. The van der Waals surface area contributed by atoms with Gasteiger partial charge in [0.2, 0.25) is 5.88 Å². The molecule has 0 aliphatic rings. The highest BCUT2D eigenvalue weighted by atomic mass is 16.5. The van der Waals surface area contributed by atoms with Crippen molar-refractivity contribution in [3.8, 4) is 24.3 Å². The van der Waals surface area contributed by atoms with Crippen molar-refractivity contribution >= 4 is 10.9 Å². The first-order valence-electron chi connectivity index (χ1n) is 5.17. The molecule has 1 unspecified atom stereocenters. The van der Waals surface area contributed by atoms with E-state index in [9.17, 15) is 0 Å². The molecular weight excluding hydrogens is 212 g/mol. The van der Waals surface area contributed by atoms with Crippen molar-refractivity contribution < 1.29 is 4.74 Å². The van der Waals surface area contributed by atoms with Crippen LogP contribution in [0, 0.1) is 23.7 Å². The molecule has 2 aromatic rings. The summed E-state index contributed by atoms with van der Waals surface area (Å²) in [6.07, 6.45) is 4.87. The van der Waals surface area contributed by atoms with Crippen molar-refractivity contribution in [2.24, 2.45) is 0 Å². The predicted octanol–water partition coefficient (Wildman–Crippen LogP) is 2.51. The highest BCUT2D eigenvalue weighted by Gasteiger charge is 2.07. The summed E-state index contributed by atoms with van der Waals surface area (Å²) in [5.41, 5.74) is 1.26. The van der Waals surface area contributed by atoms with Crippen LogP contribution in [0.15, 0.2) is 30.3 Å². The van der Waals surface area contributed by atoms with Crippen molar-refractivity contribution in [3.63, 3.8) is 0 Å². The number of benzene rings is 1. The first kappa shape index (κ1) is 11.0. The van der Waals surface area contributed by atoms with Gasteiger partial charge in [0.25, 0.3) is 0 Å². The van der Waals surface area contributed by atoms with Crippen molar-refractivity contribution in [2.75, 3.05) is 0 Å². The third-order valence-corrected chi connectivity index (χ3v) is 2.35. The fraction of sp³-hybridized carbons (Fsp3) is 0.143. The average Bonchev–Trinajstić information content (AvgIpc) is 2.37. The van der Waals surface area contributed by atoms with Gasteiger partial charge < -0.3 is 4.74 Å². The van der Waals surface area contributed by atoms with E-state index in [1.54, 1.807) is 13.0 Å². The van der Waals surface area contributed by atoms with E-state index >= 15 is 0 Å². The maximum atomic E-state index is 9.08. The summed E-state index contributed by atoms with van der Waals surface area (Å²) in [5.74, 6) is 2.83. The standard InChI is InChI=1S/C14H10N2O/c1-3-10(2)17-14-8-11(9-15)12-6-4-5-7-13(12)16-14/h1,4-8,10H,2H3. The molecule has 0 radical (unpaired) electrons. The first-order chi connectivity index (χ1) is 8.24. The van der Waals surface area contributed by atoms with Crippen LogP contribution in [0.1, 0.15) is 12.5 Å². The van der Waals surface area contributed by atoms with Crippen molar-refractivity contribution in [3.05, 3.63) is 35.9 Å². The summed E-state index contributed by atoms with van der Waals surface area (Å²) in [6, 6.07) is 11.2. The van der Waals surface area contributed by atoms with Crippen LogP contribution in [-0.4, -0.2) is 11.1 Å². The first-order valence-corrected chi connectivity index (χ1v) is 5.17. The van der Waals surface area contributed by atoms with Gasteiger partial charge in [0.05, 0.1) is 11.1 Å². The molecule has 0 aliphatic carbocycles. The molecule has 17 heavy (non-hydrogen) atoms. The number of terminal acetylenes is 1. The average molecular weight is 222 g/mol. The SMILES string of the molecule is C#CC(C)Oc1cc(C#N)c2ccccc2n1. The van der Waals surface area contributed by atoms with Gasteiger partial charge in [-0.25, -0.2) is 4.98 Å². The zero-order valence-electron chi connectivity index (χ0n) is 9.34. The molecular formula is C14H10N2O. The molecule has 3 heteroatoms. The third kappa shape index (κ3) is 2.19. The lowest BCUT2D eigenvalue weighted by Crippen LogP contribution is -2.09. The topological polar surface area (TPSA) is 45.9 Å². The van der Waals surface area contributed by atoms with Gasteiger partial charge in [-0.15, -0.1) is 6.42 Å². The molecule has 0 fully saturated rings. The molecule has 1 aromatic carbocycles. The zero-order valence-corrected chi connectivity index (χ0v) is 9.34. The van der Waals surface area contributed by atoms with E-state index in [2.05, 4.69) is 17.0 Å². The van der Waals surface area contributed by atoms with Crippen LogP contribution in [0.4, 0.5) is 0 Å². The summed E-state index contributed by atoms with van der Waals surface area (Å²) in [7, 11) is 0. The van der Waals surface area contributed by atoms with Crippen LogP contribution >= 0.6 is 0 Å². The number of hydrogen-bond donors (Lipinski definition) is 0. The molecule has 0 aliphatic heterocycles. The Labute approximate surface area is 99.7 Å². The maximum Gasteiger partial charge on any atom is 0.216 e. The fourth-order valence-corrected chi connectivity index (χ4v) is 1.52. The summed E-state index contributed by atoms with van der Waals surface area (Å²) >= 11 is 0. The van der Waals surface area contributed by atoms with Gasteiger partial charge in [-0.2, -0.15) is 5.26 Å². The Bertz CT molecular complexity index is 635. The molecule has 0 spiro atoms. The Kier molecular flexibility index (Phi) is 2.94. The van der Waals surface area contributed by atoms with Gasteiger partial charge in [0.15, 0.2) is 6.10 Å². The lowest BCUT2D eigenvalue weighted by Gasteiger charge is -2.09. The number of pyridine rings is 1. The van der Waals surface area contributed by atoms with Crippen LogP contribution in [-0.2, 0) is 0 Å². The summed E-state index contributed by atoms with van der Waals surface area (Å²) in [4.78, 5) is 4.30.